The highest BCUT2D eigenvalue weighted by Crippen LogP contribution is 2.08. The van der Waals surface area contributed by atoms with Crippen molar-refractivity contribution in [2.75, 3.05) is 19.6 Å². The zero-order valence-corrected chi connectivity index (χ0v) is 7.38. The van der Waals surface area contributed by atoms with Gasteiger partial charge in [-0.3, -0.25) is 10.1 Å². The lowest BCUT2D eigenvalue weighted by Gasteiger charge is -2.17. The van der Waals surface area contributed by atoms with Crippen molar-refractivity contribution in [2.45, 2.75) is 18.9 Å². The number of hydrogen-bond acceptors (Lipinski definition) is 3. The average Bonchev–Trinajstić information content (AvgIpc) is 2.63. The maximum absolute atomic E-state index is 11.1. The zero-order valence-electron chi connectivity index (χ0n) is 7.38. The van der Waals surface area contributed by atoms with E-state index in [0.29, 0.717) is 12.6 Å². The summed E-state index contributed by atoms with van der Waals surface area (Å²) in [6.07, 6.45) is 2.26. The number of carbonyl (C=O) groups excluding carboxylic acids is 2. The molecule has 0 spiro atoms. The van der Waals surface area contributed by atoms with E-state index in [1.54, 1.807) is 4.90 Å². The highest BCUT2D eigenvalue weighted by molar-refractivity contribution is 6.01. The lowest BCUT2D eigenvalue weighted by atomic mass is 10.2. The van der Waals surface area contributed by atoms with Gasteiger partial charge in [0, 0.05) is 12.6 Å². The molecular formula is C8H13N3O2. The van der Waals surface area contributed by atoms with E-state index in [0.717, 1.165) is 19.4 Å². The second kappa shape index (κ2) is 3.33. The third-order valence-corrected chi connectivity index (χ3v) is 2.47. The van der Waals surface area contributed by atoms with Crippen molar-refractivity contribution >= 4 is 11.9 Å². The summed E-state index contributed by atoms with van der Waals surface area (Å²) in [5.41, 5.74) is 0. The molecule has 0 aromatic heterocycles. The Labute approximate surface area is 76.5 Å². The Hall–Kier alpha value is -1.10. The average molecular weight is 183 g/mol. The number of rotatable bonds is 2. The fourth-order valence-corrected chi connectivity index (χ4v) is 1.81. The van der Waals surface area contributed by atoms with Crippen LogP contribution in [0.4, 0.5) is 4.79 Å². The number of carbonyl (C=O) groups is 2. The summed E-state index contributed by atoms with van der Waals surface area (Å²) in [4.78, 5) is 23.5. The van der Waals surface area contributed by atoms with Gasteiger partial charge in [-0.1, -0.05) is 0 Å². The molecule has 13 heavy (non-hydrogen) atoms. The molecular weight excluding hydrogens is 170 g/mol. The number of imide groups is 1. The van der Waals surface area contributed by atoms with Crippen LogP contribution in [0.2, 0.25) is 0 Å². The number of nitrogens with zero attached hydrogens (tertiary/aromatic N) is 1. The van der Waals surface area contributed by atoms with Crippen LogP contribution in [0.25, 0.3) is 0 Å². The topological polar surface area (TPSA) is 61.4 Å². The molecule has 2 rings (SSSR count). The first-order valence-corrected chi connectivity index (χ1v) is 4.58. The lowest BCUT2D eigenvalue weighted by Crippen LogP contribution is -2.39. The number of nitrogens with one attached hydrogen (secondary N) is 2. The molecule has 1 unspecified atom stereocenters. The van der Waals surface area contributed by atoms with Crippen LogP contribution in [-0.4, -0.2) is 42.5 Å². The Bertz CT molecular complexity index is 236. The SMILES string of the molecule is O=C1CN(CC2CCCN2)C(=O)N1. The summed E-state index contributed by atoms with van der Waals surface area (Å²) in [5.74, 6) is -0.192. The first-order chi connectivity index (χ1) is 6.25. The molecule has 2 fully saturated rings. The van der Waals surface area contributed by atoms with Crippen molar-refractivity contribution in [1.29, 1.82) is 0 Å². The first-order valence-electron chi connectivity index (χ1n) is 4.58. The van der Waals surface area contributed by atoms with Gasteiger partial charge in [0.2, 0.25) is 5.91 Å². The smallest absolute Gasteiger partial charge is 0.314 e. The first kappa shape index (κ1) is 8.50. The van der Waals surface area contributed by atoms with Crippen LogP contribution in [0.1, 0.15) is 12.8 Å². The van der Waals surface area contributed by atoms with E-state index >= 15 is 0 Å². The standard InChI is InChI=1S/C8H13N3O2/c12-7-5-11(8(13)10-7)4-6-2-1-3-9-6/h6,9H,1-5H2,(H,10,12,13). The molecule has 0 radical (unpaired) electrons. The normalized spacial score (nSPS) is 28.3. The van der Waals surface area contributed by atoms with Gasteiger partial charge in [0.15, 0.2) is 0 Å². The van der Waals surface area contributed by atoms with Gasteiger partial charge in [0.05, 0.1) is 0 Å². The third kappa shape index (κ3) is 1.80. The van der Waals surface area contributed by atoms with Gasteiger partial charge in [0.1, 0.15) is 6.54 Å². The molecule has 0 aliphatic carbocycles. The lowest BCUT2D eigenvalue weighted by molar-refractivity contribution is -0.118. The molecule has 2 saturated heterocycles. The van der Waals surface area contributed by atoms with Crippen LogP contribution in [0.3, 0.4) is 0 Å². The molecule has 72 valence electrons. The van der Waals surface area contributed by atoms with Gasteiger partial charge in [-0.2, -0.15) is 0 Å². The summed E-state index contributed by atoms with van der Waals surface area (Å²) in [5, 5.41) is 5.55. The minimum Gasteiger partial charge on any atom is -0.314 e. The van der Waals surface area contributed by atoms with Crippen molar-refractivity contribution in [3.05, 3.63) is 0 Å². The summed E-state index contributed by atoms with van der Waals surface area (Å²) in [6, 6.07) is 0.121. The van der Waals surface area contributed by atoms with Crippen LogP contribution in [0.5, 0.6) is 0 Å². The van der Waals surface area contributed by atoms with Crippen LogP contribution in [0, 0.1) is 0 Å². The third-order valence-electron chi connectivity index (χ3n) is 2.47. The van der Waals surface area contributed by atoms with Gasteiger partial charge < -0.3 is 10.2 Å². The zero-order chi connectivity index (χ0) is 9.26. The second-order valence-electron chi connectivity index (χ2n) is 3.53. The molecule has 0 aromatic rings. The predicted octanol–water partition coefficient (Wildman–Crippen LogP) is -0.710. The predicted molar refractivity (Wildman–Crippen MR) is 46.1 cm³/mol. The maximum Gasteiger partial charge on any atom is 0.324 e. The Morgan fingerprint density at radius 2 is 2.31 bits per heavy atom. The molecule has 5 heteroatoms. The minimum absolute atomic E-state index is 0.192. The number of hydrogen-bond donors (Lipinski definition) is 2. The number of urea groups is 1. The highest BCUT2D eigenvalue weighted by Gasteiger charge is 2.29. The van der Waals surface area contributed by atoms with Crippen molar-refractivity contribution < 1.29 is 9.59 Å². The molecule has 2 heterocycles. The van der Waals surface area contributed by atoms with Gasteiger partial charge in [-0.05, 0) is 19.4 Å². The van der Waals surface area contributed by atoms with E-state index in [4.69, 9.17) is 0 Å². The molecule has 2 aliphatic heterocycles. The molecule has 1 atom stereocenters. The van der Waals surface area contributed by atoms with Crippen LogP contribution in [0.15, 0.2) is 0 Å². The summed E-state index contributed by atoms with van der Waals surface area (Å²) >= 11 is 0. The highest BCUT2D eigenvalue weighted by atomic mass is 16.2. The quantitative estimate of drug-likeness (QED) is 0.556. The fourth-order valence-electron chi connectivity index (χ4n) is 1.81. The fraction of sp³-hybridized carbons (Fsp3) is 0.750. The van der Waals surface area contributed by atoms with Gasteiger partial charge in [-0.15, -0.1) is 0 Å². The molecule has 5 nitrogen and oxygen atoms in total. The van der Waals surface area contributed by atoms with Crippen molar-refractivity contribution in [3.63, 3.8) is 0 Å². The van der Waals surface area contributed by atoms with E-state index in [1.165, 1.54) is 0 Å². The maximum atomic E-state index is 11.1. The molecule has 0 aromatic carbocycles. The Balaban J connectivity index is 1.87. The van der Waals surface area contributed by atoms with E-state index in [2.05, 4.69) is 10.6 Å². The molecule has 2 N–H and O–H groups in total. The second-order valence-corrected chi connectivity index (χ2v) is 3.53. The Morgan fingerprint density at radius 3 is 2.85 bits per heavy atom. The van der Waals surface area contributed by atoms with Crippen molar-refractivity contribution in [2.24, 2.45) is 0 Å². The largest absolute Gasteiger partial charge is 0.324 e. The van der Waals surface area contributed by atoms with Crippen LogP contribution < -0.4 is 10.6 Å². The van der Waals surface area contributed by atoms with E-state index < -0.39 is 0 Å². The Kier molecular flexibility index (Phi) is 2.18. The van der Waals surface area contributed by atoms with E-state index in [9.17, 15) is 9.59 Å². The summed E-state index contributed by atoms with van der Waals surface area (Å²) < 4.78 is 0. The monoisotopic (exact) mass is 183 g/mol. The molecule has 2 aliphatic rings. The van der Waals surface area contributed by atoms with Gasteiger partial charge >= 0.3 is 6.03 Å². The molecule has 0 bridgehead atoms. The Morgan fingerprint density at radius 1 is 1.46 bits per heavy atom. The van der Waals surface area contributed by atoms with Crippen LogP contribution >= 0.6 is 0 Å². The van der Waals surface area contributed by atoms with Crippen LogP contribution in [-0.2, 0) is 4.79 Å². The van der Waals surface area contributed by atoms with Crippen molar-refractivity contribution in [3.8, 4) is 0 Å². The summed E-state index contributed by atoms with van der Waals surface area (Å²) in [7, 11) is 0. The van der Waals surface area contributed by atoms with E-state index in [1.807, 2.05) is 0 Å². The molecule has 0 saturated carbocycles. The van der Waals surface area contributed by atoms with Gasteiger partial charge in [-0.25, -0.2) is 4.79 Å². The van der Waals surface area contributed by atoms with Crippen molar-refractivity contribution in [1.82, 2.24) is 15.5 Å². The molecule has 3 amide bonds. The van der Waals surface area contributed by atoms with Gasteiger partial charge in [0.25, 0.3) is 0 Å². The van der Waals surface area contributed by atoms with E-state index in [-0.39, 0.29) is 18.5 Å². The minimum atomic E-state index is -0.251. The summed E-state index contributed by atoms with van der Waals surface area (Å²) in [6.45, 7) is 1.89. The number of amides is 3.